The summed E-state index contributed by atoms with van der Waals surface area (Å²) in [7, 11) is 1.95. The zero-order valence-electron chi connectivity index (χ0n) is 11.8. The molecule has 1 heterocycles. The van der Waals surface area contributed by atoms with E-state index in [0.717, 1.165) is 22.3 Å². The van der Waals surface area contributed by atoms with E-state index in [1.165, 1.54) is 5.56 Å². The maximum absolute atomic E-state index is 4.48. The molecule has 4 heteroatoms. The third kappa shape index (κ3) is 2.20. The van der Waals surface area contributed by atoms with Gasteiger partial charge < -0.3 is 4.57 Å². The number of fused-ring (bicyclic) bond motifs is 1. The molecule has 0 N–H and O–H groups in total. The van der Waals surface area contributed by atoms with Crippen molar-refractivity contribution in [3.63, 3.8) is 0 Å². The van der Waals surface area contributed by atoms with Gasteiger partial charge in [-0.05, 0) is 37.6 Å². The second-order valence-electron chi connectivity index (χ2n) is 4.95. The normalized spacial score (nSPS) is 11.6. The second-order valence-corrected chi connectivity index (χ2v) is 4.95. The van der Waals surface area contributed by atoms with E-state index in [1.54, 1.807) is 0 Å². The molecule has 2 aromatic carbocycles. The fourth-order valence-corrected chi connectivity index (χ4v) is 2.24. The summed E-state index contributed by atoms with van der Waals surface area (Å²) in [5, 5.41) is 8.60. The molecule has 0 saturated heterocycles. The van der Waals surface area contributed by atoms with Gasteiger partial charge in [0.2, 0.25) is 5.95 Å². The van der Waals surface area contributed by atoms with Crippen molar-refractivity contribution in [2.45, 2.75) is 13.8 Å². The Morgan fingerprint density at radius 1 is 1.00 bits per heavy atom. The van der Waals surface area contributed by atoms with Gasteiger partial charge in [0.1, 0.15) is 0 Å². The van der Waals surface area contributed by atoms with Crippen molar-refractivity contribution in [1.82, 2.24) is 9.55 Å². The lowest BCUT2D eigenvalue weighted by Crippen LogP contribution is -1.85. The lowest BCUT2D eigenvalue weighted by molar-refractivity contribution is 0.920. The van der Waals surface area contributed by atoms with E-state index in [4.69, 9.17) is 0 Å². The molecule has 0 saturated carbocycles. The molecule has 0 spiro atoms. The number of imidazole rings is 1. The molecule has 100 valence electrons. The van der Waals surface area contributed by atoms with Crippen molar-refractivity contribution in [2.75, 3.05) is 0 Å². The van der Waals surface area contributed by atoms with Gasteiger partial charge in [-0.25, -0.2) is 4.98 Å². The fraction of sp³-hybridized carbons (Fsp3) is 0.188. The average Bonchev–Trinajstić information content (AvgIpc) is 2.75. The highest BCUT2D eigenvalue weighted by Gasteiger charge is 2.05. The smallest absolute Gasteiger partial charge is 0.250 e. The Balaban J connectivity index is 2.00. The van der Waals surface area contributed by atoms with Crippen molar-refractivity contribution >= 4 is 22.7 Å². The quantitative estimate of drug-likeness (QED) is 0.623. The van der Waals surface area contributed by atoms with E-state index in [-0.39, 0.29) is 0 Å². The summed E-state index contributed by atoms with van der Waals surface area (Å²) in [4.78, 5) is 4.48. The van der Waals surface area contributed by atoms with Crippen LogP contribution in [0.4, 0.5) is 11.6 Å². The van der Waals surface area contributed by atoms with Crippen molar-refractivity contribution in [3.8, 4) is 0 Å². The molecular weight excluding hydrogens is 248 g/mol. The zero-order valence-corrected chi connectivity index (χ0v) is 11.8. The van der Waals surface area contributed by atoms with Crippen LogP contribution in [-0.4, -0.2) is 9.55 Å². The van der Waals surface area contributed by atoms with Gasteiger partial charge >= 0.3 is 0 Å². The molecule has 3 aromatic rings. The third-order valence-corrected chi connectivity index (χ3v) is 3.36. The summed E-state index contributed by atoms with van der Waals surface area (Å²) >= 11 is 0. The largest absolute Gasteiger partial charge is 0.310 e. The van der Waals surface area contributed by atoms with Gasteiger partial charge in [0.05, 0.1) is 16.7 Å². The fourth-order valence-electron chi connectivity index (χ4n) is 2.24. The summed E-state index contributed by atoms with van der Waals surface area (Å²) in [5.41, 5.74) is 5.21. The molecule has 1 aromatic heterocycles. The number of azo groups is 1. The van der Waals surface area contributed by atoms with E-state index < -0.39 is 0 Å². The minimum absolute atomic E-state index is 0.617. The molecule has 0 unspecified atom stereocenters. The lowest BCUT2D eigenvalue weighted by atomic mass is 10.1. The van der Waals surface area contributed by atoms with Gasteiger partial charge in [-0.3, -0.25) is 0 Å². The SMILES string of the molecule is Cc1ccc(N=Nc2nc3ccccc3n2C)c(C)c1. The van der Waals surface area contributed by atoms with Crippen molar-refractivity contribution < 1.29 is 0 Å². The van der Waals surface area contributed by atoms with Crippen molar-refractivity contribution in [1.29, 1.82) is 0 Å². The number of nitrogens with zero attached hydrogens (tertiary/aromatic N) is 4. The van der Waals surface area contributed by atoms with Crippen LogP contribution in [0.2, 0.25) is 0 Å². The molecule has 3 rings (SSSR count). The van der Waals surface area contributed by atoms with Crippen molar-refractivity contribution in [2.24, 2.45) is 17.3 Å². The molecule has 0 aliphatic heterocycles. The highest BCUT2D eigenvalue weighted by molar-refractivity contribution is 5.77. The summed E-state index contributed by atoms with van der Waals surface area (Å²) in [6.07, 6.45) is 0. The first-order valence-corrected chi connectivity index (χ1v) is 6.55. The first-order valence-electron chi connectivity index (χ1n) is 6.55. The van der Waals surface area contributed by atoms with Crippen LogP contribution in [0.3, 0.4) is 0 Å². The van der Waals surface area contributed by atoms with Gasteiger partial charge in [-0.2, -0.15) is 0 Å². The van der Waals surface area contributed by atoms with Crippen LogP contribution >= 0.6 is 0 Å². The van der Waals surface area contributed by atoms with Gasteiger partial charge in [-0.15, -0.1) is 10.2 Å². The van der Waals surface area contributed by atoms with Gasteiger partial charge in [0, 0.05) is 7.05 Å². The van der Waals surface area contributed by atoms with Crippen LogP contribution < -0.4 is 0 Å². The van der Waals surface area contributed by atoms with Gasteiger partial charge in [0.25, 0.3) is 0 Å². The van der Waals surface area contributed by atoms with Crippen LogP contribution in [-0.2, 0) is 7.05 Å². The van der Waals surface area contributed by atoms with Crippen LogP contribution in [0.15, 0.2) is 52.7 Å². The van der Waals surface area contributed by atoms with E-state index in [0.29, 0.717) is 5.95 Å². The zero-order chi connectivity index (χ0) is 14.1. The van der Waals surface area contributed by atoms with Crippen LogP contribution in [0.5, 0.6) is 0 Å². The molecule has 0 amide bonds. The Bertz CT molecular complexity index is 799. The highest BCUT2D eigenvalue weighted by Crippen LogP contribution is 2.24. The van der Waals surface area contributed by atoms with Crippen LogP contribution in [0, 0.1) is 13.8 Å². The molecule has 0 aliphatic carbocycles. The third-order valence-electron chi connectivity index (χ3n) is 3.36. The molecular formula is C16H16N4. The Morgan fingerprint density at radius 3 is 2.55 bits per heavy atom. The number of aryl methyl sites for hydroxylation is 3. The number of hydrogen-bond acceptors (Lipinski definition) is 3. The molecule has 0 radical (unpaired) electrons. The lowest BCUT2D eigenvalue weighted by Gasteiger charge is -2.00. The summed E-state index contributed by atoms with van der Waals surface area (Å²) in [5.74, 6) is 0.617. The second kappa shape index (κ2) is 4.89. The summed E-state index contributed by atoms with van der Waals surface area (Å²) < 4.78 is 1.95. The number of aromatic nitrogens is 2. The Kier molecular flexibility index (Phi) is 3.06. The molecule has 0 aliphatic rings. The minimum atomic E-state index is 0.617. The van der Waals surface area contributed by atoms with E-state index in [9.17, 15) is 0 Å². The van der Waals surface area contributed by atoms with Crippen molar-refractivity contribution in [3.05, 3.63) is 53.6 Å². The molecule has 0 bridgehead atoms. The highest BCUT2D eigenvalue weighted by atomic mass is 15.3. The summed E-state index contributed by atoms with van der Waals surface area (Å²) in [6, 6.07) is 14.1. The number of rotatable bonds is 2. The van der Waals surface area contributed by atoms with Crippen LogP contribution in [0.1, 0.15) is 11.1 Å². The monoisotopic (exact) mass is 264 g/mol. The standard InChI is InChI=1S/C16H16N4/c1-11-8-9-13(12(2)10-11)18-19-16-17-14-6-4-5-7-15(14)20(16)3/h4-10H,1-3H3. The maximum atomic E-state index is 4.48. The van der Waals surface area contributed by atoms with E-state index in [2.05, 4.69) is 28.2 Å². The molecule has 0 atom stereocenters. The first-order chi connectivity index (χ1) is 9.65. The van der Waals surface area contributed by atoms with Gasteiger partial charge in [0.15, 0.2) is 0 Å². The average molecular weight is 264 g/mol. The topological polar surface area (TPSA) is 42.5 Å². The van der Waals surface area contributed by atoms with E-state index >= 15 is 0 Å². The predicted octanol–water partition coefficient (Wildman–Crippen LogP) is 4.61. The van der Waals surface area contributed by atoms with Crippen LogP contribution in [0.25, 0.3) is 11.0 Å². The molecule has 20 heavy (non-hydrogen) atoms. The minimum Gasteiger partial charge on any atom is -0.310 e. The first kappa shape index (κ1) is 12.5. The predicted molar refractivity (Wildman–Crippen MR) is 80.8 cm³/mol. The number of benzene rings is 2. The van der Waals surface area contributed by atoms with E-state index in [1.807, 2.05) is 54.9 Å². The van der Waals surface area contributed by atoms with Gasteiger partial charge in [-0.1, -0.05) is 29.8 Å². The Hall–Kier alpha value is -2.49. The Morgan fingerprint density at radius 2 is 1.80 bits per heavy atom. The number of para-hydroxylation sites is 2. The molecule has 0 fully saturated rings. The summed E-state index contributed by atoms with van der Waals surface area (Å²) in [6.45, 7) is 4.11. The number of hydrogen-bond donors (Lipinski definition) is 0. The Labute approximate surface area is 117 Å². The maximum Gasteiger partial charge on any atom is 0.250 e. The molecule has 4 nitrogen and oxygen atoms in total.